The Labute approximate surface area is 253 Å². The van der Waals surface area contributed by atoms with Gasteiger partial charge in [-0.05, 0) is 68.8 Å². The SMILES string of the molecule is C=C(C)[C@H]1CC[C@@](C)(S[PH](=S)OC2C[C@H](n3cnc4c(N)nc(Cl)nc43)O[C@@H]2CO[Si](C)(C)C(C)(C)C)[C@H](O)C1. The minimum absolute atomic E-state index is 0.0518. The Kier molecular flexibility index (Phi) is 9.87. The van der Waals surface area contributed by atoms with E-state index in [1.54, 1.807) is 17.7 Å². The van der Waals surface area contributed by atoms with Gasteiger partial charge in [-0.25, -0.2) is 4.98 Å². The van der Waals surface area contributed by atoms with Crippen molar-refractivity contribution in [1.29, 1.82) is 0 Å². The van der Waals surface area contributed by atoms with Gasteiger partial charge in [-0.1, -0.05) is 56.1 Å². The van der Waals surface area contributed by atoms with Gasteiger partial charge >= 0.3 is 0 Å². The zero-order valence-electron chi connectivity index (χ0n) is 24.4. The first-order chi connectivity index (χ1) is 18.5. The van der Waals surface area contributed by atoms with Crippen LogP contribution in [-0.2, 0) is 25.5 Å². The van der Waals surface area contributed by atoms with Gasteiger partial charge in [0.2, 0.25) is 5.28 Å². The lowest BCUT2D eigenvalue weighted by Gasteiger charge is -2.41. The van der Waals surface area contributed by atoms with Crippen LogP contribution >= 0.6 is 29.1 Å². The van der Waals surface area contributed by atoms with Gasteiger partial charge in [0.1, 0.15) is 24.0 Å². The number of hydrogen-bond donors (Lipinski definition) is 2. The third-order valence-electron chi connectivity index (χ3n) is 8.79. The number of allylic oxidation sites excluding steroid dienone is 1. The van der Waals surface area contributed by atoms with Crippen molar-refractivity contribution in [2.24, 2.45) is 5.92 Å². The number of hydrogen-bond acceptors (Lipinski definition) is 10. The lowest BCUT2D eigenvalue weighted by atomic mass is 9.77. The number of aliphatic hydroxyl groups is 1. The molecule has 40 heavy (non-hydrogen) atoms. The van der Waals surface area contributed by atoms with Crippen LogP contribution in [0, 0.1) is 5.92 Å². The molecule has 2 unspecified atom stereocenters. The molecule has 0 amide bonds. The molecule has 3 N–H and O–H groups in total. The van der Waals surface area contributed by atoms with Gasteiger partial charge in [0.05, 0.1) is 25.1 Å². The summed E-state index contributed by atoms with van der Waals surface area (Å²) in [6, 6.07) is 0. The molecule has 0 bridgehead atoms. The number of aromatic nitrogens is 4. The fraction of sp³-hybridized carbons (Fsp3) is 0.731. The van der Waals surface area contributed by atoms with Gasteiger partial charge in [-0.2, -0.15) is 9.97 Å². The molecule has 14 heteroatoms. The molecule has 1 aliphatic carbocycles. The lowest BCUT2D eigenvalue weighted by molar-refractivity contribution is -0.0347. The molecule has 224 valence electrons. The van der Waals surface area contributed by atoms with Gasteiger partial charge < -0.3 is 24.5 Å². The predicted molar refractivity (Wildman–Crippen MR) is 171 cm³/mol. The molecule has 4 rings (SSSR count). The fourth-order valence-electron chi connectivity index (χ4n) is 4.94. The molecule has 1 saturated heterocycles. The van der Waals surface area contributed by atoms with E-state index >= 15 is 0 Å². The first-order valence-corrected chi connectivity index (χ1v) is 21.1. The number of nitrogen functional groups attached to an aromatic ring is 1. The first kappa shape index (κ1) is 32.4. The number of nitrogens with two attached hydrogens (primary N) is 1. The molecular weight excluding hydrogens is 605 g/mol. The summed E-state index contributed by atoms with van der Waals surface area (Å²) in [6.07, 6.45) is 1.53. The maximum atomic E-state index is 11.0. The van der Waals surface area contributed by atoms with Crippen LogP contribution in [-0.4, -0.2) is 62.6 Å². The van der Waals surface area contributed by atoms with Crippen molar-refractivity contribution in [3.63, 3.8) is 0 Å². The maximum absolute atomic E-state index is 11.0. The number of rotatable bonds is 9. The highest BCUT2D eigenvalue weighted by molar-refractivity contribution is 8.63. The Morgan fingerprint density at radius 1 is 1.40 bits per heavy atom. The Morgan fingerprint density at radius 2 is 2.10 bits per heavy atom. The summed E-state index contributed by atoms with van der Waals surface area (Å²) in [7, 11) is -2.03. The van der Waals surface area contributed by atoms with Crippen LogP contribution in [0.2, 0.25) is 23.4 Å². The van der Waals surface area contributed by atoms with Crippen molar-refractivity contribution in [2.75, 3.05) is 12.3 Å². The molecule has 2 fully saturated rings. The molecule has 2 aromatic heterocycles. The van der Waals surface area contributed by atoms with Crippen molar-refractivity contribution < 1.29 is 18.8 Å². The molecular formula is C26H43ClN5O4PS2Si. The van der Waals surface area contributed by atoms with Crippen LogP contribution in [0.4, 0.5) is 5.82 Å². The van der Waals surface area contributed by atoms with Crippen LogP contribution in [0.25, 0.3) is 11.2 Å². The van der Waals surface area contributed by atoms with Gasteiger partial charge in [-0.3, -0.25) is 4.57 Å². The molecule has 9 nitrogen and oxygen atoms in total. The Hall–Kier alpha value is -0.563. The van der Waals surface area contributed by atoms with E-state index < -0.39 is 26.8 Å². The summed E-state index contributed by atoms with van der Waals surface area (Å²) < 4.78 is 21.2. The average molecular weight is 648 g/mol. The molecule has 1 aliphatic heterocycles. The number of anilines is 1. The molecule has 1 saturated carbocycles. The number of aliphatic hydroxyl groups excluding tert-OH is 1. The molecule has 3 heterocycles. The zero-order valence-corrected chi connectivity index (χ0v) is 28.8. The third kappa shape index (κ3) is 6.97. The van der Waals surface area contributed by atoms with Gasteiger partial charge in [0, 0.05) is 11.2 Å². The van der Waals surface area contributed by atoms with E-state index in [1.807, 2.05) is 11.5 Å². The van der Waals surface area contributed by atoms with E-state index in [0.717, 1.165) is 18.4 Å². The summed E-state index contributed by atoms with van der Waals surface area (Å²) in [6.45, 7) is 19.7. The first-order valence-electron chi connectivity index (χ1n) is 13.7. The molecule has 0 radical (unpaired) electrons. The van der Waals surface area contributed by atoms with Crippen LogP contribution in [0.1, 0.15) is 66.5 Å². The van der Waals surface area contributed by atoms with E-state index in [1.165, 1.54) is 0 Å². The van der Waals surface area contributed by atoms with E-state index in [9.17, 15) is 5.11 Å². The van der Waals surface area contributed by atoms with E-state index in [4.69, 9.17) is 42.8 Å². The average Bonchev–Trinajstić information content (AvgIpc) is 3.42. The summed E-state index contributed by atoms with van der Waals surface area (Å²) in [5.74, 6) is 0.570. The minimum Gasteiger partial charge on any atom is -0.414 e. The van der Waals surface area contributed by atoms with Crippen LogP contribution < -0.4 is 5.73 Å². The van der Waals surface area contributed by atoms with E-state index in [-0.39, 0.29) is 33.1 Å². The molecule has 7 atom stereocenters. The Morgan fingerprint density at radius 3 is 2.73 bits per heavy atom. The van der Waals surface area contributed by atoms with Gasteiger partial charge in [0.15, 0.2) is 19.8 Å². The Bertz CT molecular complexity index is 1280. The third-order valence-corrected chi connectivity index (χ3v) is 18.3. The quantitative estimate of drug-likeness (QED) is 0.135. The van der Waals surface area contributed by atoms with Crippen molar-refractivity contribution >= 4 is 66.2 Å². The minimum atomic E-state index is -2.03. The summed E-state index contributed by atoms with van der Waals surface area (Å²) in [5, 5.41) is 11.2. The highest BCUT2D eigenvalue weighted by atomic mass is 35.5. The molecule has 2 aliphatic rings. The predicted octanol–water partition coefficient (Wildman–Crippen LogP) is 6.49. The van der Waals surface area contributed by atoms with E-state index in [0.29, 0.717) is 36.5 Å². The van der Waals surface area contributed by atoms with E-state index in [2.05, 4.69) is 62.3 Å². The zero-order chi connectivity index (χ0) is 29.6. The second-order valence-corrected chi connectivity index (χ2v) is 23.4. The monoisotopic (exact) mass is 647 g/mol. The second-order valence-electron chi connectivity index (χ2n) is 12.8. The van der Waals surface area contributed by atoms with Crippen LogP contribution in [0.5, 0.6) is 0 Å². The number of fused-ring (bicyclic) bond motifs is 1. The highest BCUT2D eigenvalue weighted by Gasteiger charge is 2.44. The summed E-state index contributed by atoms with van der Waals surface area (Å²) >= 11 is 13.7. The lowest BCUT2D eigenvalue weighted by Crippen LogP contribution is -2.44. The van der Waals surface area contributed by atoms with Crippen molar-refractivity contribution in [3.05, 3.63) is 23.8 Å². The molecule has 2 aromatic rings. The topological polar surface area (TPSA) is 118 Å². The molecule has 0 aromatic carbocycles. The van der Waals surface area contributed by atoms with Crippen LogP contribution in [0.3, 0.4) is 0 Å². The standard InChI is InChI=1S/C26H43ClN5O4PS2Si/c1-15(2)16-9-10-26(6,19(33)11-16)39-37(38)36-17-12-20(35-18(17)13-34-40(7,8)25(3,4)5)32-14-29-21-22(28)30-24(27)31-23(21)32/h14,16-20,33,37H,1,9-13H2,2-8H3,(H2,28,30,31)/t16-,17?,18+,19+,20+,26+/m0/s1. The maximum Gasteiger partial charge on any atom is 0.226 e. The Balaban J connectivity index is 1.52. The highest BCUT2D eigenvalue weighted by Crippen LogP contribution is 2.56. The summed E-state index contributed by atoms with van der Waals surface area (Å²) in [4.78, 5) is 12.8. The normalized spacial score (nSPS) is 30.6. The number of halogens is 1. The number of imidazole rings is 1. The fourth-order valence-corrected chi connectivity index (χ4v) is 12.0. The smallest absolute Gasteiger partial charge is 0.226 e. The van der Waals surface area contributed by atoms with Gasteiger partial charge in [-0.15, -0.1) is 0 Å². The summed E-state index contributed by atoms with van der Waals surface area (Å²) in [5.41, 5.74) is 8.15. The largest absolute Gasteiger partial charge is 0.414 e. The number of nitrogens with zero attached hydrogens (tertiary/aromatic N) is 4. The van der Waals surface area contributed by atoms with Gasteiger partial charge in [0.25, 0.3) is 0 Å². The van der Waals surface area contributed by atoms with Crippen molar-refractivity contribution in [2.45, 2.75) is 108 Å². The second kappa shape index (κ2) is 12.2. The number of ether oxygens (including phenoxy) is 1. The van der Waals surface area contributed by atoms with Crippen LogP contribution in [0.15, 0.2) is 18.5 Å². The van der Waals surface area contributed by atoms with Crippen molar-refractivity contribution in [1.82, 2.24) is 19.5 Å². The van der Waals surface area contributed by atoms with Crippen molar-refractivity contribution in [3.8, 4) is 0 Å². The molecule has 0 spiro atoms.